The van der Waals surface area contributed by atoms with Crippen LogP contribution >= 0.6 is 0 Å². The van der Waals surface area contributed by atoms with Gasteiger partial charge in [0.05, 0.1) is 26.1 Å². The molecule has 1 saturated heterocycles. The summed E-state index contributed by atoms with van der Waals surface area (Å²) in [5.41, 5.74) is 1.01. The van der Waals surface area contributed by atoms with E-state index in [1.165, 1.54) is 0 Å². The molecule has 0 radical (unpaired) electrons. The first-order chi connectivity index (χ1) is 13.2. The van der Waals surface area contributed by atoms with Crippen molar-refractivity contribution >= 4 is 17.6 Å². The molecule has 3 aliphatic heterocycles. The topological polar surface area (TPSA) is 60.7 Å². The summed E-state index contributed by atoms with van der Waals surface area (Å²) in [5, 5.41) is 0. The lowest BCUT2D eigenvalue weighted by Crippen LogP contribution is -2.54. The van der Waals surface area contributed by atoms with Gasteiger partial charge in [-0.05, 0) is 24.6 Å². The van der Waals surface area contributed by atoms with Crippen LogP contribution in [0, 0.1) is 0 Å². The van der Waals surface area contributed by atoms with Gasteiger partial charge in [-0.3, -0.25) is 9.79 Å². The summed E-state index contributed by atoms with van der Waals surface area (Å²) >= 11 is 0. The van der Waals surface area contributed by atoms with Crippen molar-refractivity contribution in [3.05, 3.63) is 42.2 Å². The molecule has 7 heteroatoms. The van der Waals surface area contributed by atoms with Gasteiger partial charge >= 0.3 is 0 Å². The van der Waals surface area contributed by atoms with Crippen LogP contribution in [0.15, 0.2) is 46.7 Å². The molecule has 0 aromatic heterocycles. The Labute approximate surface area is 159 Å². The largest absolute Gasteiger partial charge is 0.497 e. The van der Waals surface area contributed by atoms with Crippen LogP contribution in [0.25, 0.3) is 0 Å². The fraction of sp³-hybridized carbons (Fsp3) is 0.450. The molecule has 1 aromatic rings. The van der Waals surface area contributed by atoms with E-state index < -0.39 is 0 Å². The minimum atomic E-state index is 0.166. The van der Waals surface area contributed by atoms with Gasteiger partial charge in [0.1, 0.15) is 5.75 Å². The molecule has 1 unspecified atom stereocenters. The molecule has 1 aromatic carbocycles. The smallest absolute Gasteiger partial charge is 0.227 e. The Bertz CT molecular complexity index is 791. The molecule has 0 aliphatic carbocycles. The molecule has 0 N–H and O–H groups in total. The quantitative estimate of drug-likeness (QED) is 0.810. The number of carbonyl (C=O) groups excluding carboxylic acids is 1. The van der Waals surface area contributed by atoms with E-state index in [9.17, 15) is 4.79 Å². The lowest BCUT2D eigenvalue weighted by molar-refractivity contribution is -0.131. The summed E-state index contributed by atoms with van der Waals surface area (Å²) < 4.78 is 5.17. The van der Waals surface area contributed by atoms with E-state index in [0.717, 1.165) is 42.6 Å². The third kappa shape index (κ3) is 3.54. The number of ether oxygens (including phenoxy) is 1. The molecule has 1 atom stereocenters. The van der Waals surface area contributed by atoms with Crippen molar-refractivity contribution < 1.29 is 9.53 Å². The zero-order chi connectivity index (χ0) is 18.8. The van der Waals surface area contributed by atoms with Gasteiger partial charge in [-0.1, -0.05) is 12.1 Å². The number of carbonyl (C=O) groups is 1. The van der Waals surface area contributed by atoms with E-state index in [0.29, 0.717) is 25.6 Å². The SMILES string of the molecule is COc1ccc(CC(=O)N2CCN(C3=NC=CN4C3=NCC4C)CC2)cc1. The van der Waals surface area contributed by atoms with Crippen LogP contribution in [0.2, 0.25) is 0 Å². The first-order valence-electron chi connectivity index (χ1n) is 9.39. The Morgan fingerprint density at radius 3 is 2.59 bits per heavy atom. The van der Waals surface area contributed by atoms with E-state index in [1.807, 2.05) is 41.6 Å². The van der Waals surface area contributed by atoms with Gasteiger partial charge in [0.25, 0.3) is 0 Å². The molecular weight excluding hydrogens is 342 g/mol. The number of methoxy groups -OCH3 is 1. The minimum Gasteiger partial charge on any atom is -0.497 e. The van der Waals surface area contributed by atoms with Gasteiger partial charge in [0.15, 0.2) is 11.7 Å². The standard InChI is InChI=1S/C20H25N5O2/c1-15-14-22-20-19(21-7-8-25(15)20)24-11-9-23(10-12-24)18(26)13-16-3-5-17(27-2)6-4-16/h3-8,15H,9-14H2,1-2H3. The first kappa shape index (κ1) is 17.6. The van der Waals surface area contributed by atoms with Crippen LogP contribution in [0.5, 0.6) is 5.75 Å². The summed E-state index contributed by atoms with van der Waals surface area (Å²) in [6.45, 7) is 5.95. The third-order valence-corrected chi connectivity index (χ3v) is 5.30. The maximum Gasteiger partial charge on any atom is 0.227 e. The normalized spacial score (nSPS) is 21.7. The summed E-state index contributed by atoms with van der Waals surface area (Å²) in [4.78, 5) is 28.2. The highest BCUT2D eigenvalue weighted by Crippen LogP contribution is 2.19. The van der Waals surface area contributed by atoms with Gasteiger partial charge in [-0.25, -0.2) is 4.99 Å². The van der Waals surface area contributed by atoms with Crippen LogP contribution < -0.4 is 4.74 Å². The van der Waals surface area contributed by atoms with Crippen LogP contribution in [-0.4, -0.2) is 78.2 Å². The highest BCUT2D eigenvalue weighted by molar-refractivity contribution is 6.41. The monoisotopic (exact) mass is 367 g/mol. The van der Waals surface area contributed by atoms with E-state index in [4.69, 9.17) is 4.74 Å². The molecule has 142 valence electrons. The highest BCUT2D eigenvalue weighted by Gasteiger charge is 2.32. The van der Waals surface area contributed by atoms with E-state index >= 15 is 0 Å². The maximum absolute atomic E-state index is 12.6. The second-order valence-corrected chi connectivity index (χ2v) is 7.06. The van der Waals surface area contributed by atoms with Gasteiger partial charge in [-0.2, -0.15) is 0 Å². The molecule has 0 saturated carbocycles. The highest BCUT2D eigenvalue weighted by atomic mass is 16.5. The number of fused-ring (bicyclic) bond motifs is 1. The van der Waals surface area contributed by atoms with Crippen LogP contribution in [0.3, 0.4) is 0 Å². The Kier molecular flexibility index (Phi) is 4.83. The van der Waals surface area contributed by atoms with Crippen molar-refractivity contribution in [2.24, 2.45) is 9.98 Å². The van der Waals surface area contributed by atoms with Gasteiger partial charge in [0, 0.05) is 38.6 Å². The molecule has 3 heterocycles. The van der Waals surface area contributed by atoms with Crippen molar-refractivity contribution in [3.63, 3.8) is 0 Å². The Balaban J connectivity index is 1.34. The molecule has 0 bridgehead atoms. The molecule has 3 aliphatic rings. The maximum atomic E-state index is 12.6. The molecule has 0 spiro atoms. The zero-order valence-corrected chi connectivity index (χ0v) is 15.8. The van der Waals surface area contributed by atoms with Gasteiger partial charge < -0.3 is 19.4 Å². The molecule has 7 nitrogen and oxygen atoms in total. The predicted molar refractivity (Wildman–Crippen MR) is 105 cm³/mol. The fourth-order valence-electron chi connectivity index (χ4n) is 3.65. The third-order valence-electron chi connectivity index (χ3n) is 5.30. The number of benzene rings is 1. The van der Waals surface area contributed by atoms with E-state index in [-0.39, 0.29) is 5.91 Å². The Morgan fingerprint density at radius 2 is 1.89 bits per heavy atom. The number of rotatable bonds is 3. The van der Waals surface area contributed by atoms with Crippen molar-refractivity contribution in [2.45, 2.75) is 19.4 Å². The van der Waals surface area contributed by atoms with Crippen LogP contribution in [-0.2, 0) is 11.2 Å². The lowest BCUT2D eigenvalue weighted by Gasteiger charge is -2.38. The molecule has 27 heavy (non-hydrogen) atoms. The van der Waals surface area contributed by atoms with Crippen molar-refractivity contribution in [3.8, 4) is 5.75 Å². The van der Waals surface area contributed by atoms with Crippen molar-refractivity contribution in [1.29, 1.82) is 0 Å². The molecule has 1 fully saturated rings. The number of piperazine rings is 1. The molecular formula is C20H25N5O2. The summed E-state index contributed by atoms with van der Waals surface area (Å²) in [6, 6.07) is 8.07. The zero-order valence-electron chi connectivity index (χ0n) is 15.8. The lowest BCUT2D eigenvalue weighted by atomic mass is 10.1. The molecule has 1 amide bonds. The van der Waals surface area contributed by atoms with Crippen molar-refractivity contribution in [1.82, 2.24) is 14.7 Å². The first-order valence-corrected chi connectivity index (χ1v) is 9.39. The van der Waals surface area contributed by atoms with Crippen LogP contribution in [0.4, 0.5) is 0 Å². The second kappa shape index (κ2) is 7.42. The number of hydrogen-bond acceptors (Lipinski definition) is 6. The number of amidine groups is 2. The summed E-state index contributed by atoms with van der Waals surface area (Å²) in [7, 11) is 1.64. The average Bonchev–Trinajstić information content (AvgIpc) is 3.10. The summed E-state index contributed by atoms with van der Waals surface area (Å²) in [6.07, 6.45) is 4.26. The predicted octanol–water partition coefficient (Wildman–Crippen LogP) is 1.37. The number of hydrogen-bond donors (Lipinski definition) is 0. The number of aliphatic imine (C=N–C) groups is 2. The second-order valence-electron chi connectivity index (χ2n) is 7.06. The van der Waals surface area contributed by atoms with Gasteiger partial charge in [0.2, 0.25) is 5.91 Å². The minimum absolute atomic E-state index is 0.166. The number of nitrogens with zero attached hydrogens (tertiary/aromatic N) is 5. The Hall–Kier alpha value is -2.83. The van der Waals surface area contributed by atoms with E-state index in [1.54, 1.807) is 7.11 Å². The van der Waals surface area contributed by atoms with Crippen LogP contribution in [0.1, 0.15) is 12.5 Å². The fourth-order valence-corrected chi connectivity index (χ4v) is 3.65. The molecule has 4 rings (SSSR count). The summed E-state index contributed by atoms with van der Waals surface area (Å²) in [5.74, 6) is 2.87. The average molecular weight is 367 g/mol. The number of amides is 1. The van der Waals surface area contributed by atoms with E-state index in [2.05, 4.69) is 26.7 Å². The van der Waals surface area contributed by atoms with Crippen molar-refractivity contribution in [2.75, 3.05) is 39.8 Å². The Morgan fingerprint density at radius 1 is 1.15 bits per heavy atom. The van der Waals surface area contributed by atoms with Gasteiger partial charge in [-0.15, -0.1) is 0 Å².